The minimum absolute atomic E-state index is 0.148. The van der Waals surface area contributed by atoms with E-state index in [1.54, 1.807) is 37.5 Å². The highest BCUT2D eigenvalue weighted by Crippen LogP contribution is 2.28. The summed E-state index contributed by atoms with van der Waals surface area (Å²) in [6, 6.07) is 14.5. The molecule has 0 fully saturated rings. The molecule has 8 heteroatoms. The molecule has 0 N–H and O–H groups in total. The van der Waals surface area contributed by atoms with Crippen LogP contribution in [0.25, 0.3) is 22.3 Å². The van der Waals surface area contributed by atoms with Gasteiger partial charge in [-0.3, -0.25) is 9.59 Å². The van der Waals surface area contributed by atoms with Crippen LogP contribution in [-0.4, -0.2) is 28.3 Å². The second kappa shape index (κ2) is 9.09. The van der Waals surface area contributed by atoms with Gasteiger partial charge in [-0.25, -0.2) is 0 Å². The molecule has 0 radical (unpaired) electrons. The molecule has 0 unspecified atom stereocenters. The lowest BCUT2D eigenvalue weighted by Gasteiger charge is -2.10. The van der Waals surface area contributed by atoms with E-state index in [-0.39, 0.29) is 16.2 Å². The van der Waals surface area contributed by atoms with Crippen molar-refractivity contribution in [2.75, 3.05) is 13.7 Å². The summed E-state index contributed by atoms with van der Waals surface area (Å²) in [5.41, 5.74) is 0.750. The average Bonchev–Trinajstić information content (AvgIpc) is 3.08. The lowest BCUT2D eigenvalue weighted by molar-refractivity contribution is 0.288. The van der Waals surface area contributed by atoms with Crippen molar-refractivity contribution in [3.05, 3.63) is 79.3 Å². The number of aromatic nitrogens is 3. The Morgan fingerprint density at radius 3 is 2.65 bits per heavy atom. The number of rotatable bonds is 7. The zero-order chi connectivity index (χ0) is 21.8. The summed E-state index contributed by atoms with van der Waals surface area (Å²) >= 11 is 1.12. The van der Waals surface area contributed by atoms with E-state index in [0.717, 1.165) is 29.7 Å². The highest BCUT2D eigenvalue weighted by Gasteiger charge is 2.13. The van der Waals surface area contributed by atoms with Crippen LogP contribution in [0.2, 0.25) is 0 Å². The summed E-state index contributed by atoms with van der Waals surface area (Å²) in [5, 5.41) is 4.27. The van der Waals surface area contributed by atoms with Gasteiger partial charge in [0.15, 0.2) is 17.2 Å². The van der Waals surface area contributed by atoms with E-state index in [1.807, 2.05) is 24.3 Å². The Labute approximate surface area is 182 Å². The zero-order valence-corrected chi connectivity index (χ0v) is 18.0. The lowest BCUT2D eigenvalue weighted by atomic mass is 10.2. The highest BCUT2D eigenvalue weighted by molar-refractivity contribution is 7.15. The molecule has 4 aromatic rings. The van der Waals surface area contributed by atoms with E-state index >= 15 is 0 Å². The molecule has 0 aliphatic rings. The smallest absolute Gasteiger partial charge is 0.300 e. The highest BCUT2D eigenvalue weighted by atomic mass is 32.1. The third-order valence-electron chi connectivity index (χ3n) is 4.67. The Kier molecular flexibility index (Phi) is 6.08. The summed E-state index contributed by atoms with van der Waals surface area (Å²) in [5.74, 6) is 1.25. The van der Waals surface area contributed by atoms with Crippen LogP contribution in [0.15, 0.2) is 58.1 Å². The molecule has 4 rings (SSSR count). The van der Waals surface area contributed by atoms with Gasteiger partial charge < -0.3 is 9.47 Å². The molecule has 0 aliphatic heterocycles. The number of hydrogen-bond acceptors (Lipinski definition) is 7. The van der Waals surface area contributed by atoms with Gasteiger partial charge in [-0.05, 0) is 30.2 Å². The summed E-state index contributed by atoms with van der Waals surface area (Å²) in [6.45, 7) is 2.72. The first-order valence-corrected chi connectivity index (χ1v) is 10.7. The van der Waals surface area contributed by atoms with Gasteiger partial charge in [-0.15, -0.1) is 0 Å². The third-order valence-corrected chi connectivity index (χ3v) is 5.63. The van der Waals surface area contributed by atoms with E-state index in [1.165, 1.54) is 4.52 Å². The number of thiazole rings is 1. The molecule has 2 aromatic heterocycles. The Hall–Kier alpha value is -3.52. The van der Waals surface area contributed by atoms with Gasteiger partial charge in [0.2, 0.25) is 4.96 Å². The van der Waals surface area contributed by atoms with Crippen LogP contribution in [0.1, 0.15) is 25.3 Å². The van der Waals surface area contributed by atoms with Crippen molar-refractivity contribution in [2.45, 2.75) is 19.8 Å². The second-order valence-corrected chi connectivity index (χ2v) is 7.86. The van der Waals surface area contributed by atoms with Gasteiger partial charge in [0.05, 0.1) is 18.2 Å². The first-order chi connectivity index (χ1) is 15.1. The molecule has 0 atom stereocenters. The van der Waals surface area contributed by atoms with Crippen LogP contribution in [0, 0.1) is 0 Å². The molecule has 158 valence electrons. The number of nitrogens with zero attached hydrogens (tertiary/aromatic N) is 3. The predicted molar refractivity (Wildman–Crippen MR) is 121 cm³/mol. The molecule has 2 aromatic carbocycles. The van der Waals surface area contributed by atoms with Crippen LogP contribution >= 0.6 is 11.3 Å². The maximum absolute atomic E-state index is 12.9. The third kappa shape index (κ3) is 4.34. The van der Waals surface area contributed by atoms with Gasteiger partial charge in [0.25, 0.3) is 5.56 Å². The molecule has 0 amide bonds. The second-order valence-electron chi connectivity index (χ2n) is 6.85. The fourth-order valence-corrected chi connectivity index (χ4v) is 3.96. The normalized spacial score (nSPS) is 11.7. The van der Waals surface area contributed by atoms with Gasteiger partial charge in [0, 0.05) is 5.56 Å². The lowest BCUT2D eigenvalue weighted by Crippen LogP contribution is -2.26. The van der Waals surface area contributed by atoms with Crippen LogP contribution < -0.4 is 25.1 Å². The maximum atomic E-state index is 12.9. The Morgan fingerprint density at radius 1 is 1.10 bits per heavy atom. The molecule has 31 heavy (non-hydrogen) atoms. The van der Waals surface area contributed by atoms with Crippen molar-refractivity contribution in [3.63, 3.8) is 0 Å². The molecule has 0 saturated heterocycles. The topological polar surface area (TPSA) is 82.8 Å². The fourth-order valence-electron chi connectivity index (χ4n) is 3.06. The van der Waals surface area contributed by atoms with E-state index in [2.05, 4.69) is 17.0 Å². The van der Waals surface area contributed by atoms with E-state index in [9.17, 15) is 9.59 Å². The maximum Gasteiger partial charge on any atom is 0.300 e. The number of fused-ring (bicyclic) bond motifs is 1. The van der Waals surface area contributed by atoms with Crippen molar-refractivity contribution in [1.82, 2.24) is 14.6 Å². The molecule has 0 aliphatic carbocycles. The van der Waals surface area contributed by atoms with Crippen LogP contribution in [0.5, 0.6) is 11.5 Å². The van der Waals surface area contributed by atoms with Gasteiger partial charge in [0.1, 0.15) is 0 Å². The fraction of sp³-hybridized carbons (Fsp3) is 0.217. The SMILES string of the molecule is CCCCOc1ccc(/C=c2\sc3nc(=O)c(-c4ccccc4)nn3c2=O)cc1OC. The van der Waals surface area contributed by atoms with E-state index < -0.39 is 5.56 Å². The summed E-state index contributed by atoms with van der Waals surface area (Å²) in [7, 11) is 1.58. The molecule has 0 bridgehead atoms. The molecule has 2 heterocycles. The molecular weight excluding hydrogens is 414 g/mol. The van der Waals surface area contributed by atoms with Crippen molar-refractivity contribution in [3.8, 4) is 22.8 Å². The van der Waals surface area contributed by atoms with Crippen molar-refractivity contribution < 1.29 is 9.47 Å². The van der Waals surface area contributed by atoms with Crippen molar-refractivity contribution in [2.24, 2.45) is 0 Å². The van der Waals surface area contributed by atoms with Crippen LogP contribution in [0.3, 0.4) is 0 Å². The first kappa shape index (κ1) is 20.7. The number of ether oxygens (including phenoxy) is 2. The predicted octanol–water partition coefficient (Wildman–Crippen LogP) is 2.91. The molecule has 0 spiro atoms. The van der Waals surface area contributed by atoms with Crippen LogP contribution in [-0.2, 0) is 0 Å². The summed E-state index contributed by atoms with van der Waals surface area (Å²) < 4.78 is 12.8. The monoisotopic (exact) mass is 435 g/mol. The molecule has 7 nitrogen and oxygen atoms in total. The van der Waals surface area contributed by atoms with Gasteiger partial charge >= 0.3 is 5.56 Å². The van der Waals surface area contributed by atoms with Crippen LogP contribution in [0.4, 0.5) is 0 Å². The number of unbranched alkanes of at least 4 members (excludes halogenated alkanes) is 1. The first-order valence-electron chi connectivity index (χ1n) is 9.92. The standard InChI is InChI=1S/C23H21N3O4S/c1-3-4-12-30-17-11-10-15(13-18(17)29-2)14-19-22(28)26-23(31-19)24-21(27)20(25-26)16-8-6-5-7-9-16/h5-11,13-14H,3-4,12H2,1-2H3/b19-14-. The summed E-state index contributed by atoms with van der Waals surface area (Å²) in [6.07, 6.45) is 3.74. The van der Waals surface area contributed by atoms with Gasteiger partial charge in [-0.1, -0.05) is 61.1 Å². The van der Waals surface area contributed by atoms with Gasteiger partial charge in [-0.2, -0.15) is 14.6 Å². The number of hydrogen-bond donors (Lipinski definition) is 0. The Balaban J connectivity index is 1.75. The van der Waals surface area contributed by atoms with Crippen molar-refractivity contribution in [1.29, 1.82) is 0 Å². The Morgan fingerprint density at radius 2 is 1.90 bits per heavy atom. The average molecular weight is 436 g/mol. The van der Waals surface area contributed by atoms with E-state index in [4.69, 9.17) is 9.47 Å². The Bertz CT molecular complexity index is 1380. The summed E-state index contributed by atoms with van der Waals surface area (Å²) in [4.78, 5) is 29.6. The molecular formula is C23H21N3O4S. The largest absolute Gasteiger partial charge is 0.493 e. The minimum atomic E-state index is -0.464. The minimum Gasteiger partial charge on any atom is -0.493 e. The number of methoxy groups -OCH3 is 1. The zero-order valence-electron chi connectivity index (χ0n) is 17.2. The quantitative estimate of drug-likeness (QED) is 0.415. The van der Waals surface area contributed by atoms with E-state index in [0.29, 0.717) is 28.2 Å². The van der Waals surface area contributed by atoms with Crippen molar-refractivity contribution >= 4 is 22.4 Å². The number of benzene rings is 2. The molecule has 0 saturated carbocycles.